The minimum Gasteiger partial charge on any atom is -0.366 e. The van der Waals surface area contributed by atoms with E-state index in [1.165, 1.54) is 6.08 Å². The van der Waals surface area contributed by atoms with E-state index in [9.17, 15) is 4.79 Å². The zero-order valence-electron chi connectivity index (χ0n) is 8.27. The molecule has 0 unspecified atom stereocenters. The molecule has 1 aromatic heterocycles. The van der Waals surface area contributed by atoms with Gasteiger partial charge in [-0.05, 0) is 23.6 Å². The van der Waals surface area contributed by atoms with Crippen molar-refractivity contribution in [3.63, 3.8) is 0 Å². The Bertz CT molecular complexity index is 358. The molecule has 2 N–H and O–H groups in total. The van der Waals surface area contributed by atoms with Gasteiger partial charge in [-0.15, -0.1) is 0 Å². The summed E-state index contributed by atoms with van der Waals surface area (Å²) < 4.78 is 0. The molecule has 0 bridgehead atoms. The lowest BCUT2D eigenvalue weighted by atomic mass is 10.1. The second kappa shape index (κ2) is 4.50. The third kappa shape index (κ3) is 2.97. The summed E-state index contributed by atoms with van der Waals surface area (Å²) in [5.41, 5.74) is 6.70. The van der Waals surface area contributed by atoms with E-state index >= 15 is 0 Å². The van der Waals surface area contributed by atoms with Crippen LogP contribution in [0.4, 0.5) is 0 Å². The van der Waals surface area contributed by atoms with Crippen LogP contribution in [0, 0.1) is 0 Å². The molecule has 74 valence electrons. The highest BCUT2D eigenvalue weighted by molar-refractivity contribution is 5.89. The first-order chi connectivity index (χ1) is 6.59. The summed E-state index contributed by atoms with van der Waals surface area (Å²) in [6.07, 6.45) is 4.54. The third-order valence-corrected chi connectivity index (χ3v) is 1.78. The largest absolute Gasteiger partial charge is 0.366 e. The van der Waals surface area contributed by atoms with Crippen LogP contribution >= 0.6 is 0 Å². The third-order valence-electron chi connectivity index (χ3n) is 1.78. The van der Waals surface area contributed by atoms with Crippen LogP contribution < -0.4 is 5.73 Å². The summed E-state index contributed by atoms with van der Waals surface area (Å²) >= 11 is 0. The van der Waals surface area contributed by atoms with Gasteiger partial charge in [0.15, 0.2) is 0 Å². The van der Waals surface area contributed by atoms with Crippen LogP contribution in [0.25, 0.3) is 6.08 Å². The topological polar surface area (TPSA) is 68.9 Å². The highest BCUT2D eigenvalue weighted by Gasteiger charge is 2.00. The van der Waals surface area contributed by atoms with Gasteiger partial charge >= 0.3 is 0 Å². The number of carbonyl (C=O) groups excluding carboxylic acids is 1. The molecule has 0 radical (unpaired) electrons. The summed E-state index contributed by atoms with van der Waals surface area (Å²) in [5, 5.41) is 7.68. The second-order valence-electron chi connectivity index (χ2n) is 3.30. The van der Waals surface area contributed by atoms with Gasteiger partial charge in [-0.2, -0.15) is 10.2 Å². The highest BCUT2D eigenvalue weighted by Crippen LogP contribution is 2.13. The number of primary amides is 1. The SMILES string of the molecule is CC(C)c1cnnc(/C=C/C(N)=O)c1. The maximum Gasteiger partial charge on any atom is 0.241 e. The van der Waals surface area contributed by atoms with E-state index in [-0.39, 0.29) is 0 Å². The van der Waals surface area contributed by atoms with Gasteiger partial charge in [-0.1, -0.05) is 13.8 Å². The van der Waals surface area contributed by atoms with Gasteiger partial charge in [0.05, 0.1) is 11.9 Å². The smallest absolute Gasteiger partial charge is 0.241 e. The van der Waals surface area contributed by atoms with Crippen LogP contribution in [0.15, 0.2) is 18.3 Å². The molecule has 4 heteroatoms. The van der Waals surface area contributed by atoms with Crippen molar-refractivity contribution in [3.05, 3.63) is 29.6 Å². The second-order valence-corrected chi connectivity index (χ2v) is 3.30. The van der Waals surface area contributed by atoms with Crippen LogP contribution in [-0.4, -0.2) is 16.1 Å². The van der Waals surface area contributed by atoms with E-state index in [2.05, 4.69) is 24.0 Å². The number of amides is 1. The molecule has 1 amide bonds. The molecule has 0 saturated carbocycles. The zero-order chi connectivity index (χ0) is 10.6. The number of carbonyl (C=O) groups is 1. The predicted octanol–water partition coefficient (Wildman–Crippen LogP) is 1.10. The summed E-state index contributed by atoms with van der Waals surface area (Å²) in [4.78, 5) is 10.5. The van der Waals surface area contributed by atoms with Gasteiger partial charge in [0.1, 0.15) is 0 Å². The summed E-state index contributed by atoms with van der Waals surface area (Å²) in [7, 11) is 0. The van der Waals surface area contributed by atoms with Crippen molar-refractivity contribution in [2.45, 2.75) is 19.8 Å². The highest BCUT2D eigenvalue weighted by atomic mass is 16.1. The lowest BCUT2D eigenvalue weighted by molar-refractivity contribution is -0.113. The van der Waals surface area contributed by atoms with Crippen molar-refractivity contribution in [2.24, 2.45) is 5.73 Å². The molecule has 1 heterocycles. The van der Waals surface area contributed by atoms with Crippen molar-refractivity contribution < 1.29 is 4.79 Å². The molecular weight excluding hydrogens is 178 g/mol. The fourth-order valence-electron chi connectivity index (χ4n) is 0.964. The summed E-state index contributed by atoms with van der Waals surface area (Å²) in [6.45, 7) is 4.14. The number of nitrogens with two attached hydrogens (primary N) is 1. The number of nitrogens with zero attached hydrogens (tertiary/aromatic N) is 2. The van der Waals surface area contributed by atoms with Crippen molar-refractivity contribution in [1.82, 2.24) is 10.2 Å². The molecule has 0 spiro atoms. The quantitative estimate of drug-likeness (QED) is 0.727. The molecule has 0 aromatic carbocycles. The van der Waals surface area contributed by atoms with Crippen LogP contribution in [0.5, 0.6) is 0 Å². The number of hydrogen-bond donors (Lipinski definition) is 1. The van der Waals surface area contributed by atoms with E-state index in [0.717, 1.165) is 5.56 Å². The summed E-state index contributed by atoms with van der Waals surface area (Å²) in [5.74, 6) is -0.0898. The van der Waals surface area contributed by atoms with Gasteiger partial charge in [0.25, 0.3) is 0 Å². The number of rotatable bonds is 3. The lowest BCUT2D eigenvalue weighted by Crippen LogP contribution is -2.05. The normalized spacial score (nSPS) is 11.1. The maximum absolute atomic E-state index is 10.5. The molecular formula is C10H13N3O. The molecule has 1 rings (SSSR count). The van der Waals surface area contributed by atoms with Crippen molar-refractivity contribution >= 4 is 12.0 Å². The van der Waals surface area contributed by atoms with Crippen molar-refractivity contribution in [3.8, 4) is 0 Å². The van der Waals surface area contributed by atoms with Gasteiger partial charge < -0.3 is 5.73 Å². The Morgan fingerprint density at radius 2 is 2.29 bits per heavy atom. The Hall–Kier alpha value is -1.71. The van der Waals surface area contributed by atoms with Crippen molar-refractivity contribution in [2.75, 3.05) is 0 Å². The maximum atomic E-state index is 10.5. The Kier molecular flexibility index (Phi) is 3.34. The van der Waals surface area contributed by atoms with E-state index in [1.807, 2.05) is 6.07 Å². The minimum atomic E-state index is -0.484. The Morgan fingerprint density at radius 3 is 2.86 bits per heavy atom. The van der Waals surface area contributed by atoms with Gasteiger partial charge in [0, 0.05) is 6.08 Å². The first kappa shape index (κ1) is 10.4. The standard InChI is InChI=1S/C10H13N3O/c1-7(2)8-5-9(13-12-6-8)3-4-10(11)14/h3-7H,1-2H3,(H2,11,14)/b4-3+. The first-order valence-electron chi connectivity index (χ1n) is 4.39. The Morgan fingerprint density at radius 1 is 1.57 bits per heavy atom. The Balaban J connectivity index is 2.89. The lowest BCUT2D eigenvalue weighted by Gasteiger charge is -2.03. The molecule has 14 heavy (non-hydrogen) atoms. The van der Waals surface area contributed by atoms with E-state index in [1.54, 1.807) is 12.3 Å². The van der Waals surface area contributed by atoms with E-state index < -0.39 is 5.91 Å². The molecule has 0 saturated heterocycles. The van der Waals surface area contributed by atoms with Crippen LogP contribution in [0.3, 0.4) is 0 Å². The predicted molar refractivity (Wildman–Crippen MR) is 54.3 cm³/mol. The van der Waals surface area contributed by atoms with E-state index in [0.29, 0.717) is 11.6 Å². The molecule has 1 aromatic rings. The van der Waals surface area contributed by atoms with Crippen LogP contribution in [0.2, 0.25) is 0 Å². The molecule has 0 fully saturated rings. The van der Waals surface area contributed by atoms with Gasteiger partial charge in [-0.25, -0.2) is 0 Å². The fourth-order valence-corrected chi connectivity index (χ4v) is 0.964. The average Bonchev–Trinajstić information content (AvgIpc) is 2.15. The molecule has 0 aliphatic carbocycles. The van der Waals surface area contributed by atoms with Gasteiger partial charge in [0.2, 0.25) is 5.91 Å². The molecule has 0 aliphatic heterocycles. The summed E-state index contributed by atoms with van der Waals surface area (Å²) in [6, 6.07) is 1.89. The average molecular weight is 191 g/mol. The molecule has 0 atom stereocenters. The number of aromatic nitrogens is 2. The molecule has 0 aliphatic rings. The molecule has 4 nitrogen and oxygen atoms in total. The fraction of sp³-hybridized carbons (Fsp3) is 0.300. The Labute approximate surface area is 82.8 Å². The van der Waals surface area contributed by atoms with Crippen molar-refractivity contribution in [1.29, 1.82) is 0 Å². The monoisotopic (exact) mass is 191 g/mol. The number of hydrogen-bond acceptors (Lipinski definition) is 3. The van der Waals surface area contributed by atoms with Crippen LogP contribution in [0.1, 0.15) is 31.0 Å². The van der Waals surface area contributed by atoms with Gasteiger partial charge in [-0.3, -0.25) is 4.79 Å². The van der Waals surface area contributed by atoms with E-state index in [4.69, 9.17) is 5.73 Å². The first-order valence-corrected chi connectivity index (χ1v) is 4.39. The zero-order valence-corrected chi connectivity index (χ0v) is 8.27. The van der Waals surface area contributed by atoms with Crippen LogP contribution in [-0.2, 0) is 4.79 Å². The minimum absolute atomic E-state index is 0.395.